The maximum absolute atomic E-state index is 12.8. The Bertz CT molecular complexity index is 2090. The molecule has 3 aliphatic rings. The number of amides is 1. The summed E-state index contributed by atoms with van der Waals surface area (Å²) >= 11 is 1.08. The number of nitrogen functional groups attached to an aromatic ring is 1. The summed E-state index contributed by atoms with van der Waals surface area (Å²) < 4.78 is 64.7. The van der Waals surface area contributed by atoms with Crippen molar-refractivity contribution in [3.05, 3.63) is 52.7 Å². The topological polar surface area (TPSA) is 317 Å². The Morgan fingerprint density at radius 3 is 2.36 bits per heavy atom. The molecule has 1 aromatic carbocycles. The Balaban J connectivity index is 0.970. The molecule has 1 amide bonds. The molecule has 0 radical (unpaired) electrons. The molecule has 10 atom stereocenters. The van der Waals surface area contributed by atoms with E-state index in [4.69, 9.17) is 39.5 Å². The molecular formula is C28H34N8O14P2S. The van der Waals surface area contributed by atoms with E-state index in [1.54, 1.807) is 38.1 Å². The number of thiazole rings is 1. The van der Waals surface area contributed by atoms with Crippen LogP contribution in [-0.2, 0) is 41.4 Å². The first-order chi connectivity index (χ1) is 25.0. The number of fused-ring (bicyclic) bond motifs is 2. The number of aromatic nitrogens is 5. The van der Waals surface area contributed by atoms with Crippen LogP contribution < -0.4 is 16.8 Å². The van der Waals surface area contributed by atoms with Gasteiger partial charge in [0, 0.05) is 11.1 Å². The predicted molar refractivity (Wildman–Crippen MR) is 180 cm³/mol. The summed E-state index contributed by atoms with van der Waals surface area (Å²) in [5.74, 6) is -1.71. The molecule has 6 heterocycles. The van der Waals surface area contributed by atoms with E-state index in [9.17, 15) is 33.9 Å². The van der Waals surface area contributed by atoms with Crippen LogP contribution in [0.1, 0.15) is 41.7 Å². The van der Waals surface area contributed by atoms with Crippen LogP contribution in [0.15, 0.2) is 42.0 Å². The van der Waals surface area contributed by atoms with Crippen LogP contribution in [-0.4, -0.2) is 106 Å². The van der Waals surface area contributed by atoms with E-state index < -0.39 is 89.5 Å². The number of benzene rings is 1. The van der Waals surface area contributed by atoms with E-state index in [1.807, 2.05) is 6.07 Å². The number of nitrogens with two attached hydrogens (primary N) is 2. The average molecular weight is 801 g/mol. The number of aliphatic hydroxyl groups is 2. The van der Waals surface area contributed by atoms with Gasteiger partial charge in [0.1, 0.15) is 58.9 Å². The number of rotatable bonds is 13. The number of aliphatic hydroxyl groups excluding tert-OH is 2. The summed E-state index contributed by atoms with van der Waals surface area (Å²) in [5, 5.41) is 26.3. The van der Waals surface area contributed by atoms with Crippen molar-refractivity contribution in [2.24, 2.45) is 5.73 Å². The summed E-state index contributed by atoms with van der Waals surface area (Å²) in [4.78, 5) is 49.2. The molecule has 53 heavy (non-hydrogen) atoms. The predicted octanol–water partition coefficient (Wildman–Crippen LogP) is 1.24. The number of nitrogens with one attached hydrogen (secondary N) is 1. The lowest BCUT2D eigenvalue weighted by atomic mass is 10.1. The van der Waals surface area contributed by atoms with E-state index in [1.165, 1.54) is 16.3 Å². The van der Waals surface area contributed by atoms with Crippen LogP contribution in [0.3, 0.4) is 0 Å². The van der Waals surface area contributed by atoms with Crippen molar-refractivity contribution in [2.45, 2.75) is 68.6 Å². The molecule has 2 unspecified atom stereocenters. The summed E-state index contributed by atoms with van der Waals surface area (Å²) in [6.07, 6.45) is -8.33. The zero-order valence-corrected chi connectivity index (χ0v) is 30.2. The summed E-state index contributed by atoms with van der Waals surface area (Å²) in [7, 11) is -10.7. The van der Waals surface area contributed by atoms with Gasteiger partial charge in [-0.1, -0.05) is 18.2 Å². The summed E-state index contributed by atoms with van der Waals surface area (Å²) in [5.41, 5.74) is 12.4. The highest BCUT2D eigenvalue weighted by atomic mass is 32.1. The first-order valence-corrected chi connectivity index (χ1v) is 19.6. The Labute approximate surface area is 303 Å². The van der Waals surface area contributed by atoms with E-state index in [0.717, 1.165) is 11.3 Å². The van der Waals surface area contributed by atoms with Gasteiger partial charge < -0.3 is 55.7 Å². The molecule has 3 aliphatic heterocycles. The number of phosphoric ester groups is 2. The minimum atomic E-state index is -5.37. The quantitative estimate of drug-likeness (QED) is 0.0935. The van der Waals surface area contributed by atoms with Gasteiger partial charge in [0.15, 0.2) is 23.5 Å². The standard InChI is InChI=1S/C28H34N8O14P2S/c1-28(2)48-19-15(46-21(20(19)49-28)25-33-13(10-53-25)23(30)39)9-45-52(42,43)50-51(40,41)44-8-14-17(37)18(38)26(47-14)36-11-31-16-22(29)34-27(35-24(16)36)32-12-6-4-3-5-7-12/h3-7,10-11,14-15,17-21,26,37-38H,8-9H2,1-2H3,(H2,30,39)(H,40,41)(H,42,43)(H3,29,32,34,35)/t14-,15-,17-,18-,19-,20-,21-,26-/m1/s1. The van der Waals surface area contributed by atoms with Crippen molar-refractivity contribution < 1.29 is 66.2 Å². The molecule has 3 saturated heterocycles. The third-order valence-electron chi connectivity index (χ3n) is 8.27. The molecule has 9 N–H and O–H groups in total. The van der Waals surface area contributed by atoms with Crippen molar-refractivity contribution in [2.75, 3.05) is 24.3 Å². The van der Waals surface area contributed by atoms with Gasteiger partial charge in [-0.15, -0.1) is 11.3 Å². The number of carbonyl (C=O) groups excluding carboxylic acids is 1. The monoisotopic (exact) mass is 800 g/mol. The van der Waals surface area contributed by atoms with Gasteiger partial charge in [-0.25, -0.2) is 19.1 Å². The average Bonchev–Trinajstić information content (AvgIpc) is 3.90. The van der Waals surface area contributed by atoms with Crippen LogP contribution in [0.2, 0.25) is 0 Å². The summed E-state index contributed by atoms with van der Waals surface area (Å²) in [6, 6.07) is 8.98. The van der Waals surface area contributed by atoms with Gasteiger partial charge in [-0.2, -0.15) is 14.3 Å². The second kappa shape index (κ2) is 14.3. The van der Waals surface area contributed by atoms with Crippen LogP contribution >= 0.6 is 27.0 Å². The van der Waals surface area contributed by atoms with E-state index >= 15 is 0 Å². The maximum atomic E-state index is 12.8. The Hall–Kier alpha value is -3.51. The number of para-hydroxylation sites is 1. The largest absolute Gasteiger partial charge is 0.481 e. The number of nitrogens with zero attached hydrogens (tertiary/aromatic N) is 5. The molecule has 0 saturated carbocycles. The lowest BCUT2D eigenvalue weighted by Crippen LogP contribution is -2.33. The van der Waals surface area contributed by atoms with Crippen molar-refractivity contribution in [1.82, 2.24) is 24.5 Å². The summed E-state index contributed by atoms with van der Waals surface area (Å²) in [6.45, 7) is 1.73. The maximum Gasteiger partial charge on any atom is 0.481 e. The van der Waals surface area contributed by atoms with Crippen molar-refractivity contribution in [1.29, 1.82) is 0 Å². The van der Waals surface area contributed by atoms with Gasteiger partial charge in [0.25, 0.3) is 5.91 Å². The molecule has 3 fully saturated rings. The van der Waals surface area contributed by atoms with Crippen LogP contribution in [0.5, 0.6) is 0 Å². The van der Waals surface area contributed by atoms with Crippen molar-refractivity contribution in [3.63, 3.8) is 0 Å². The number of primary amides is 1. The van der Waals surface area contributed by atoms with Gasteiger partial charge in [0.2, 0.25) is 5.95 Å². The van der Waals surface area contributed by atoms with Gasteiger partial charge in [-0.05, 0) is 26.0 Å². The molecule has 22 nitrogen and oxygen atoms in total. The Morgan fingerprint density at radius 1 is 1.00 bits per heavy atom. The van der Waals surface area contributed by atoms with E-state index in [-0.39, 0.29) is 28.6 Å². The SMILES string of the molecule is CC1(C)O[C@@H]2[C@H](O1)[C@@H](COP(=O)(O)OP(=O)(O)OC[C@H]1O[C@@H](n3cnc4c(N)nc(Nc5ccccc5)nc43)[C@H](O)[C@@H]1O)O[C@H]2c1nc(C(N)=O)cs1. The third-order valence-corrected chi connectivity index (χ3v) is 11.8. The van der Waals surface area contributed by atoms with Crippen LogP contribution in [0.4, 0.5) is 17.5 Å². The highest BCUT2D eigenvalue weighted by Gasteiger charge is 2.57. The molecular weight excluding hydrogens is 766 g/mol. The molecule has 0 bridgehead atoms. The highest BCUT2D eigenvalue weighted by Crippen LogP contribution is 2.61. The fourth-order valence-electron chi connectivity index (χ4n) is 5.99. The highest BCUT2D eigenvalue weighted by molar-refractivity contribution is 7.61. The second-order valence-electron chi connectivity index (χ2n) is 12.5. The first-order valence-electron chi connectivity index (χ1n) is 15.8. The van der Waals surface area contributed by atoms with Gasteiger partial charge in [0.05, 0.1) is 19.5 Å². The smallest absolute Gasteiger partial charge is 0.387 e. The molecule has 25 heteroatoms. The molecule has 0 spiro atoms. The number of imidazole rings is 1. The lowest BCUT2D eigenvalue weighted by molar-refractivity contribution is -0.190. The number of phosphoric acid groups is 2. The van der Waals surface area contributed by atoms with E-state index in [0.29, 0.717) is 10.7 Å². The third kappa shape index (κ3) is 8.00. The second-order valence-corrected chi connectivity index (χ2v) is 16.4. The lowest BCUT2D eigenvalue weighted by Gasteiger charge is -2.24. The van der Waals surface area contributed by atoms with Crippen LogP contribution in [0, 0.1) is 0 Å². The minimum absolute atomic E-state index is 0.0103. The molecule has 4 aromatic rings. The van der Waals surface area contributed by atoms with Crippen molar-refractivity contribution >= 4 is 61.5 Å². The van der Waals surface area contributed by atoms with Gasteiger partial charge >= 0.3 is 15.6 Å². The number of carbonyl (C=O) groups is 1. The fourth-order valence-corrected chi connectivity index (χ4v) is 8.95. The molecule has 3 aromatic heterocycles. The molecule has 0 aliphatic carbocycles. The fraction of sp³-hybridized carbons (Fsp3) is 0.464. The normalized spacial score (nSPS) is 30.2. The first kappa shape index (κ1) is 37.8. The number of hydrogen-bond acceptors (Lipinski definition) is 19. The molecule has 286 valence electrons. The zero-order chi connectivity index (χ0) is 37.9. The van der Waals surface area contributed by atoms with Crippen molar-refractivity contribution in [3.8, 4) is 0 Å². The molecule has 7 rings (SSSR count). The number of hydrogen-bond donors (Lipinski definition) is 7. The van der Waals surface area contributed by atoms with Gasteiger partial charge in [-0.3, -0.25) is 18.4 Å². The zero-order valence-electron chi connectivity index (χ0n) is 27.6. The van der Waals surface area contributed by atoms with Crippen LogP contribution in [0.25, 0.3) is 11.2 Å². The minimum Gasteiger partial charge on any atom is -0.387 e. The van der Waals surface area contributed by atoms with E-state index in [2.05, 4.69) is 29.6 Å². The number of ether oxygens (including phenoxy) is 4. The Morgan fingerprint density at radius 2 is 1.68 bits per heavy atom. The number of anilines is 3. The Kier molecular flexibility index (Phi) is 10.2.